The quantitative estimate of drug-likeness (QED) is 0.842. The van der Waals surface area contributed by atoms with Gasteiger partial charge in [-0.1, -0.05) is 18.6 Å². The number of hydrogen-bond donors (Lipinski definition) is 2. The maximum absolute atomic E-state index is 9.47. The summed E-state index contributed by atoms with van der Waals surface area (Å²) in [7, 11) is 0. The van der Waals surface area contributed by atoms with Crippen molar-refractivity contribution in [1.29, 1.82) is 0 Å². The lowest BCUT2D eigenvalue weighted by molar-refractivity contribution is 0.123. The van der Waals surface area contributed by atoms with Crippen molar-refractivity contribution in [3.8, 4) is 5.75 Å². The highest BCUT2D eigenvalue weighted by molar-refractivity contribution is 5.27. The van der Waals surface area contributed by atoms with Gasteiger partial charge in [-0.05, 0) is 44.0 Å². The van der Waals surface area contributed by atoms with Crippen molar-refractivity contribution in [2.24, 2.45) is 5.73 Å². The maximum atomic E-state index is 9.47. The van der Waals surface area contributed by atoms with Crippen molar-refractivity contribution in [2.75, 3.05) is 6.54 Å². The number of phenolic OH excluding ortho intramolecular Hbond substituents is 1. The second-order valence-corrected chi connectivity index (χ2v) is 5.06. The molecule has 3 N–H and O–H groups in total. The van der Waals surface area contributed by atoms with Crippen LogP contribution in [0, 0.1) is 0 Å². The lowest BCUT2D eigenvalue weighted by Crippen LogP contribution is -2.48. The van der Waals surface area contributed by atoms with E-state index in [0.717, 1.165) is 18.7 Å². The summed E-state index contributed by atoms with van der Waals surface area (Å²) in [4.78, 5) is 2.45. The molecule has 0 amide bonds. The molecule has 1 fully saturated rings. The average Bonchev–Trinajstić information content (AvgIpc) is 2.29. The van der Waals surface area contributed by atoms with Crippen LogP contribution in [0.3, 0.4) is 0 Å². The molecule has 1 aromatic carbocycles. The third-order valence-electron chi connectivity index (χ3n) is 3.57. The molecule has 0 bridgehead atoms. The Bertz CT molecular complexity index is 365. The summed E-state index contributed by atoms with van der Waals surface area (Å²) in [6, 6.07) is 8.20. The van der Waals surface area contributed by atoms with E-state index in [-0.39, 0.29) is 6.04 Å². The van der Waals surface area contributed by atoms with Crippen LogP contribution in [-0.2, 0) is 6.54 Å². The Labute approximate surface area is 103 Å². The third kappa shape index (κ3) is 3.20. The smallest absolute Gasteiger partial charge is 0.115 e. The first-order valence-corrected chi connectivity index (χ1v) is 6.44. The van der Waals surface area contributed by atoms with Gasteiger partial charge in [-0.25, -0.2) is 0 Å². The standard InChI is InChI=1S/C14H22N2O/c1-11(15)14-7-2-3-8-16(14)10-12-5-4-6-13(17)9-12/h4-6,9,11,14,17H,2-3,7-8,10,15H2,1H3. The van der Waals surface area contributed by atoms with E-state index in [9.17, 15) is 5.11 Å². The number of piperidine rings is 1. The minimum Gasteiger partial charge on any atom is -0.508 e. The van der Waals surface area contributed by atoms with Gasteiger partial charge in [0.2, 0.25) is 0 Å². The van der Waals surface area contributed by atoms with Gasteiger partial charge in [0.05, 0.1) is 0 Å². The van der Waals surface area contributed by atoms with Crippen LogP contribution in [-0.4, -0.2) is 28.6 Å². The van der Waals surface area contributed by atoms with Crippen LogP contribution >= 0.6 is 0 Å². The number of nitrogens with two attached hydrogens (primary N) is 1. The molecule has 94 valence electrons. The first kappa shape index (κ1) is 12.4. The van der Waals surface area contributed by atoms with E-state index >= 15 is 0 Å². The first-order valence-electron chi connectivity index (χ1n) is 6.44. The zero-order valence-corrected chi connectivity index (χ0v) is 10.5. The molecule has 17 heavy (non-hydrogen) atoms. The summed E-state index contributed by atoms with van der Waals surface area (Å²) in [5, 5.41) is 9.47. The topological polar surface area (TPSA) is 49.5 Å². The summed E-state index contributed by atoms with van der Waals surface area (Å²) < 4.78 is 0. The summed E-state index contributed by atoms with van der Waals surface area (Å²) in [5.74, 6) is 0.344. The normalized spacial score (nSPS) is 23.5. The number of likely N-dealkylation sites (tertiary alicyclic amines) is 1. The lowest BCUT2D eigenvalue weighted by Gasteiger charge is -2.38. The van der Waals surface area contributed by atoms with Crippen molar-refractivity contribution >= 4 is 0 Å². The molecule has 1 aromatic rings. The second kappa shape index (κ2) is 5.52. The molecule has 0 radical (unpaired) electrons. The van der Waals surface area contributed by atoms with Gasteiger partial charge in [-0.15, -0.1) is 0 Å². The third-order valence-corrected chi connectivity index (χ3v) is 3.57. The van der Waals surface area contributed by atoms with Gasteiger partial charge >= 0.3 is 0 Å². The van der Waals surface area contributed by atoms with Crippen molar-refractivity contribution in [1.82, 2.24) is 4.90 Å². The van der Waals surface area contributed by atoms with Crippen LogP contribution in [0.4, 0.5) is 0 Å². The van der Waals surface area contributed by atoms with Crippen LogP contribution in [0.5, 0.6) is 5.75 Å². The molecular weight excluding hydrogens is 212 g/mol. The van der Waals surface area contributed by atoms with Gasteiger partial charge in [-0.3, -0.25) is 4.90 Å². The van der Waals surface area contributed by atoms with Crippen LogP contribution < -0.4 is 5.73 Å². The minimum atomic E-state index is 0.215. The van der Waals surface area contributed by atoms with Gasteiger partial charge in [0.25, 0.3) is 0 Å². The number of hydrogen-bond acceptors (Lipinski definition) is 3. The highest BCUT2D eigenvalue weighted by Crippen LogP contribution is 2.22. The van der Waals surface area contributed by atoms with Gasteiger partial charge in [0.1, 0.15) is 5.75 Å². The predicted octanol–water partition coefficient (Wildman–Crippen LogP) is 2.09. The molecule has 1 heterocycles. The van der Waals surface area contributed by atoms with Crippen molar-refractivity contribution in [2.45, 2.75) is 44.8 Å². The molecule has 0 spiro atoms. The molecular formula is C14H22N2O. The zero-order chi connectivity index (χ0) is 12.3. The molecule has 3 nitrogen and oxygen atoms in total. The van der Waals surface area contributed by atoms with Crippen molar-refractivity contribution in [3.63, 3.8) is 0 Å². The Morgan fingerprint density at radius 1 is 1.47 bits per heavy atom. The van der Waals surface area contributed by atoms with Gasteiger partial charge < -0.3 is 10.8 Å². The largest absolute Gasteiger partial charge is 0.508 e. The van der Waals surface area contributed by atoms with E-state index < -0.39 is 0 Å². The van der Waals surface area contributed by atoms with E-state index in [4.69, 9.17) is 5.73 Å². The number of phenols is 1. The fourth-order valence-corrected chi connectivity index (χ4v) is 2.70. The summed E-state index contributed by atoms with van der Waals surface area (Å²) >= 11 is 0. The fourth-order valence-electron chi connectivity index (χ4n) is 2.70. The molecule has 0 aliphatic carbocycles. The van der Waals surface area contributed by atoms with E-state index in [0.29, 0.717) is 11.8 Å². The average molecular weight is 234 g/mol. The molecule has 2 rings (SSSR count). The number of nitrogens with zero attached hydrogens (tertiary/aromatic N) is 1. The minimum absolute atomic E-state index is 0.215. The van der Waals surface area contributed by atoms with Crippen molar-refractivity contribution < 1.29 is 5.11 Å². The van der Waals surface area contributed by atoms with E-state index in [1.807, 2.05) is 12.1 Å². The Morgan fingerprint density at radius 3 is 3.00 bits per heavy atom. The molecule has 0 aromatic heterocycles. The highest BCUT2D eigenvalue weighted by Gasteiger charge is 2.25. The molecule has 1 aliphatic rings. The SMILES string of the molecule is CC(N)C1CCCCN1Cc1cccc(O)c1. The summed E-state index contributed by atoms with van der Waals surface area (Å²) in [6.45, 7) is 4.09. The Morgan fingerprint density at radius 2 is 2.29 bits per heavy atom. The van der Waals surface area contributed by atoms with Crippen LogP contribution in [0.25, 0.3) is 0 Å². The summed E-state index contributed by atoms with van der Waals surface area (Å²) in [5.41, 5.74) is 7.21. The molecule has 3 heteroatoms. The van der Waals surface area contributed by atoms with E-state index in [2.05, 4.69) is 17.9 Å². The monoisotopic (exact) mass is 234 g/mol. The van der Waals surface area contributed by atoms with Crippen LogP contribution in [0.2, 0.25) is 0 Å². The molecule has 1 saturated heterocycles. The Balaban J connectivity index is 2.05. The highest BCUT2D eigenvalue weighted by atomic mass is 16.3. The molecule has 2 atom stereocenters. The summed E-state index contributed by atoms with van der Waals surface area (Å²) in [6.07, 6.45) is 3.72. The Kier molecular flexibility index (Phi) is 4.02. The first-order chi connectivity index (χ1) is 8.16. The lowest BCUT2D eigenvalue weighted by atomic mass is 9.96. The van der Waals surface area contributed by atoms with Crippen molar-refractivity contribution in [3.05, 3.63) is 29.8 Å². The molecule has 1 aliphatic heterocycles. The molecule has 2 unspecified atom stereocenters. The maximum Gasteiger partial charge on any atom is 0.115 e. The number of rotatable bonds is 3. The van der Waals surface area contributed by atoms with Crippen LogP contribution in [0.1, 0.15) is 31.7 Å². The van der Waals surface area contributed by atoms with Crippen LogP contribution in [0.15, 0.2) is 24.3 Å². The van der Waals surface area contributed by atoms with Gasteiger partial charge in [0.15, 0.2) is 0 Å². The molecule has 0 saturated carbocycles. The fraction of sp³-hybridized carbons (Fsp3) is 0.571. The predicted molar refractivity (Wildman–Crippen MR) is 69.8 cm³/mol. The number of aromatic hydroxyl groups is 1. The van der Waals surface area contributed by atoms with Gasteiger partial charge in [-0.2, -0.15) is 0 Å². The Hall–Kier alpha value is -1.06. The van der Waals surface area contributed by atoms with Gasteiger partial charge in [0, 0.05) is 18.6 Å². The zero-order valence-electron chi connectivity index (χ0n) is 10.5. The van der Waals surface area contributed by atoms with E-state index in [1.165, 1.54) is 19.3 Å². The second-order valence-electron chi connectivity index (χ2n) is 5.06. The van der Waals surface area contributed by atoms with E-state index in [1.54, 1.807) is 6.07 Å². The number of benzene rings is 1.